The molecule has 0 bridgehead atoms. The summed E-state index contributed by atoms with van der Waals surface area (Å²) in [5.74, 6) is -0.721. The first-order valence-electron chi connectivity index (χ1n) is 5.05. The van der Waals surface area contributed by atoms with Crippen LogP contribution in [0, 0.1) is 0 Å². The fraction of sp³-hybridized carbons (Fsp3) is 0. The van der Waals surface area contributed by atoms with E-state index >= 15 is 0 Å². The van der Waals surface area contributed by atoms with E-state index in [0.717, 1.165) is 0 Å². The van der Waals surface area contributed by atoms with Gasteiger partial charge in [0.05, 0.1) is 5.39 Å². The maximum Gasteiger partial charge on any atom is 0.344 e. The molecule has 3 rings (SSSR count). The van der Waals surface area contributed by atoms with Crippen molar-refractivity contribution in [2.75, 3.05) is 0 Å². The molecule has 4 nitrogen and oxygen atoms in total. The number of hydrogen-bond acceptors (Lipinski definition) is 4. The first kappa shape index (κ1) is 9.72. The van der Waals surface area contributed by atoms with Gasteiger partial charge in [-0.05, 0) is 18.2 Å². The summed E-state index contributed by atoms with van der Waals surface area (Å²) in [6.07, 6.45) is 0. The summed E-state index contributed by atoms with van der Waals surface area (Å²) >= 11 is 0. The van der Waals surface area contributed by atoms with Crippen molar-refractivity contribution < 1.29 is 14.6 Å². The smallest absolute Gasteiger partial charge is 0.344 e. The molecule has 0 saturated carbocycles. The van der Waals surface area contributed by atoms with Crippen molar-refractivity contribution in [1.29, 1.82) is 0 Å². The van der Waals surface area contributed by atoms with Crippen molar-refractivity contribution in [1.82, 2.24) is 0 Å². The highest BCUT2D eigenvalue weighted by Gasteiger charge is 2.12. The summed E-state index contributed by atoms with van der Waals surface area (Å²) < 4.78 is 5.02. The highest BCUT2D eigenvalue weighted by atomic mass is 16.4. The second kappa shape index (κ2) is 3.25. The molecule has 2 aromatic carbocycles. The van der Waals surface area contributed by atoms with Crippen LogP contribution in [0.5, 0.6) is 11.5 Å². The maximum atomic E-state index is 11.7. The molecule has 0 saturated heterocycles. The SMILES string of the molecule is O=c1oc2c(O)c(O)ccc2c2ccccc12. The Bertz CT molecular complexity index is 786. The molecule has 0 atom stereocenters. The minimum absolute atomic E-state index is 0.00806. The van der Waals surface area contributed by atoms with Gasteiger partial charge in [0.2, 0.25) is 5.75 Å². The predicted molar refractivity (Wildman–Crippen MR) is 63.3 cm³/mol. The Morgan fingerprint density at radius 3 is 2.35 bits per heavy atom. The maximum absolute atomic E-state index is 11.7. The number of hydrogen-bond donors (Lipinski definition) is 2. The average Bonchev–Trinajstić information content (AvgIpc) is 2.35. The van der Waals surface area contributed by atoms with E-state index in [4.69, 9.17) is 4.42 Å². The number of benzene rings is 2. The Balaban J connectivity index is 2.67. The Morgan fingerprint density at radius 2 is 1.59 bits per heavy atom. The molecule has 0 amide bonds. The zero-order valence-electron chi connectivity index (χ0n) is 8.68. The normalized spacial score (nSPS) is 11.1. The lowest BCUT2D eigenvalue weighted by Gasteiger charge is -2.04. The highest BCUT2D eigenvalue weighted by Crippen LogP contribution is 2.35. The van der Waals surface area contributed by atoms with E-state index in [1.807, 2.05) is 0 Å². The van der Waals surface area contributed by atoms with E-state index in [1.165, 1.54) is 6.07 Å². The van der Waals surface area contributed by atoms with Crippen molar-refractivity contribution in [3.05, 3.63) is 46.8 Å². The molecule has 0 radical (unpaired) electrons. The van der Waals surface area contributed by atoms with Crippen molar-refractivity contribution in [2.45, 2.75) is 0 Å². The molecule has 17 heavy (non-hydrogen) atoms. The molecule has 0 aliphatic heterocycles. The van der Waals surface area contributed by atoms with Crippen LogP contribution in [0.2, 0.25) is 0 Å². The van der Waals surface area contributed by atoms with E-state index in [1.54, 1.807) is 30.3 Å². The first-order valence-corrected chi connectivity index (χ1v) is 5.05. The molecular weight excluding hydrogens is 220 g/mol. The van der Waals surface area contributed by atoms with Crippen LogP contribution in [0.3, 0.4) is 0 Å². The van der Waals surface area contributed by atoms with Crippen molar-refractivity contribution >= 4 is 21.7 Å². The van der Waals surface area contributed by atoms with E-state index in [9.17, 15) is 15.0 Å². The van der Waals surface area contributed by atoms with Crippen LogP contribution < -0.4 is 5.63 Å². The lowest BCUT2D eigenvalue weighted by Crippen LogP contribution is -1.99. The summed E-state index contributed by atoms with van der Waals surface area (Å²) in [4.78, 5) is 11.7. The van der Waals surface area contributed by atoms with Crippen LogP contribution in [0.4, 0.5) is 0 Å². The number of rotatable bonds is 0. The molecule has 0 spiro atoms. The van der Waals surface area contributed by atoms with Gasteiger partial charge in [0.15, 0.2) is 11.3 Å². The molecule has 1 aromatic heterocycles. The summed E-state index contributed by atoms with van der Waals surface area (Å²) in [6, 6.07) is 9.94. The quantitative estimate of drug-likeness (QED) is 0.352. The van der Waals surface area contributed by atoms with Gasteiger partial charge < -0.3 is 14.6 Å². The van der Waals surface area contributed by atoms with Crippen LogP contribution in [0.15, 0.2) is 45.6 Å². The van der Waals surface area contributed by atoms with Gasteiger partial charge in [0.1, 0.15) is 0 Å². The number of phenols is 2. The minimum atomic E-state index is -0.533. The van der Waals surface area contributed by atoms with Gasteiger partial charge >= 0.3 is 5.63 Å². The Labute approximate surface area is 95.3 Å². The van der Waals surface area contributed by atoms with E-state index in [0.29, 0.717) is 16.2 Å². The van der Waals surface area contributed by atoms with Crippen molar-refractivity contribution in [2.24, 2.45) is 0 Å². The Hall–Kier alpha value is -2.49. The van der Waals surface area contributed by atoms with E-state index in [2.05, 4.69) is 0 Å². The summed E-state index contributed by atoms with van der Waals surface area (Å²) in [5, 5.41) is 20.8. The number of phenolic OH excluding ortho intramolecular Hbond substituents is 2. The predicted octanol–water partition coefficient (Wildman–Crippen LogP) is 2.36. The standard InChI is InChI=1S/C13H8O4/c14-10-6-5-8-7-3-1-2-4-9(7)13(16)17-12(8)11(10)15/h1-6,14-15H. The van der Waals surface area contributed by atoms with Crippen LogP contribution in [0.1, 0.15) is 0 Å². The fourth-order valence-corrected chi connectivity index (χ4v) is 1.92. The van der Waals surface area contributed by atoms with Crippen molar-refractivity contribution in [3.63, 3.8) is 0 Å². The fourth-order valence-electron chi connectivity index (χ4n) is 1.92. The topological polar surface area (TPSA) is 70.7 Å². The van der Waals surface area contributed by atoms with Gasteiger partial charge in [-0.25, -0.2) is 4.79 Å². The van der Waals surface area contributed by atoms with Gasteiger partial charge in [-0.2, -0.15) is 0 Å². The molecule has 3 aromatic rings. The number of aromatic hydroxyl groups is 2. The van der Waals surface area contributed by atoms with Gasteiger partial charge in [-0.15, -0.1) is 0 Å². The molecule has 0 aliphatic carbocycles. The summed E-state index contributed by atoms with van der Waals surface area (Å²) in [5.41, 5.74) is -0.525. The van der Waals surface area contributed by atoms with Gasteiger partial charge in [0.25, 0.3) is 0 Å². The molecule has 84 valence electrons. The lowest BCUT2D eigenvalue weighted by atomic mass is 10.1. The molecule has 0 fully saturated rings. The van der Waals surface area contributed by atoms with E-state index in [-0.39, 0.29) is 11.3 Å². The second-order valence-electron chi connectivity index (χ2n) is 3.75. The van der Waals surface area contributed by atoms with Gasteiger partial charge in [-0.3, -0.25) is 0 Å². The average molecular weight is 228 g/mol. The van der Waals surface area contributed by atoms with Crippen molar-refractivity contribution in [3.8, 4) is 11.5 Å². The summed E-state index contributed by atoms with van der Waals surface area (Å²) in [6.45, 7) is 0. The zero-order valence-corrected chi connectivity index (χ0v) is 8.68. The molecule has 1 heterocycles. The Kier molecular flexibility index (Phi) is 1.86. The highest BCUT2D eigenvalue weighted by molar-refractivity contribution is 6.06. The monoisotopic (exact) mass is 228 g/mol. The first-order chi connectivity index (χ1) is 8.18. The van der Waals surface area contributed by atoms with Crippen LogP contribution >= 0.6 is 0 Å². The molecule has 0 unspecified atom stereocenters. The second-order valence-corrected chi connectivity index (χ2v) is 3.75. The molecule has 0 aliphatic rings. The third-order valence-electron chi connectivity index (χ3n) is 2.74. The third-order valence-corrected chi connectivity index (χ3v) is 2.74. The van der Waals surface area contributed by atoms with Gasteiger partial charge in [-0.1, -0.05) is 18.2 Å². The third kappa shape index (κ3) is 1.27. The molecular formula is C13H8O4. The van der Waals surface area contributed by atoms with Gasteiger partial charge in [0, 0.05) is 10.8 Å². The lowest BCUT2D eigenvalue weighted by molar-refractivity contribution is 0.398. The number of fused-ring (bicyclic) bond motifs is 3. The van der Waals surface area contributed by atoms with Crippen LogP contribution in [0.25, 0.3) is 21.7 Å². The van der Waals surface area contributed by atoms with Crippen LogP contribution in [-0.4, -0.2) is 10.2 Å². The van der Waals surface area contributed by atoms with E-state index < -0.39 is 11.4 Å². The Morgan fingerprint density at radius 1 is 0.882 bits per heavy atom. The summed E-state index contributed by atoms with van der Waals surface area (Å²) in [7, 11) is 0. The zero-order chi connectivity index (χ0) is 12.0. The molecule has 4 heteroatoms. The minimum Gasteiger partial charge on any atom is -0.504 e. The molecule has 2 N–H and O–H groups in total. The van der Waals surface area contributed by atoms with Crippen LogP contribution in [-0.2, 0) is 0 Å². The largest absolute Gasteiger partial charge is 0.504 e.